The fourth-order valence-corrected chi connectivity index (χ4v) is 2.10. The lowest BCUT2D eigenvalue weighted by atomic mass is 10.0. The van der Waals surface area contributed by atoms with Gasteiger partial charge in [-0.1, -0.05) is 29.8 Å². The largest absolute Gasteiger partial charge is 0.352 e. The third kappa shape index (κ3) is 2.61. The number of aryl methyl sites for hydroxylation is 2. The van der Waals surface area contributed by atoms with E-state index in [9.17, 15) is 5.26 Å². The lowest BCUT2D eigenvalue weighted by Crippen LogP contribution is -1.92. The van der Waals surface area contributed by atoms with Crippen molar-refractivity contribution in [3.63, 3.8) is 0 Å². The van der Waals surface area contributed by atoms with E-state index >= 15 is 0 Å². The number of allylic oxidation sites excluding steroid dienone is 1. The molecule has 2 aromatic rings. The summed E-state index contributed by atoms with van der Waals surface area (Å²) in [6.07, 6.45) is 1.97. The zero-order valence-electron chi connectivity index (χ0n) is 11.9. The molecule has 0 aliphatic carbocycles. The predicted octanol–water partition coefficient (Wildman–Crippen LogP) is 4.01. The molecule has 0 aliphatic heterocycles. The van der Waals surface area contributed by atoms with E-state index in [1.165, 1.54) is 17.0 Å². The first-order valence-electron chi connectivity index (χ1n) is 6.34. The zero-order chi connectivity index (χ0) is 14.0. The molecule has 0 unspecified atom stereocenters. The van der Waals surface area contributed by atoms with Gasteiger partial charge in [-0.2, -0.15) is 5.26 Å². The first-order valence-corrected chi connectivity index (χ1v) is 6.34. The number of hydrogen-bond acceptors (Lipinski definition) is 1. The van der Waals surface area contributed by atoms with Crippen molar-refractivity contribution in [1.82, 2.24) is 4.57 Å². The van der Waals surface area contributed by atoms with Gasteiger partial charge in [-0.15, -0.1) is 0 Å². The summed E-state index contributed by atoms with van der Waals surface area (Å²) in [4.78, 5) is 0. The molecule has 2 rings (SSSR count). The first-order chi connectivity index (χ1) is 9.02. The van der Waals surface area contributed by atoms with Gasteiger partial charge in [-0.3, -0.25) is 0 Å². The van der Waals surface area contributed by atoms with Gasteiger partial charge in [-0.05, 0) is 44.0 Å². The van der Waals surface area contributed by atoms with Gasteiger partial charge in [0.15, 0.2) is 0 Å². The molecule has 0 spiro atoms. The Bertz CT molecular complexity index is 665. The van der Waals surface area contributed by atoms with Crippen LogP contribution >= 0.6 is 0 Å². The summed E-state index contributed by atoms with van der Waals surface area (Å²) < 4.78 is 2.13. The van der Waals surface area contributed by atoms with Crippen molar-refractivity contribution in [2.24, 2.45) is 7.05 Å². The van der Waals surface area contributed by atoms with Crippen LogP contribution in [0.4, 0.5) is 0 Å². The molecule has 1 heterocycles. The van der Waals surface area contributed by atoms with Crippen molar-refractivity contribution in [1.29, 1.82) is 5.26 Å². The third-order valence-electron chi connectivity index (χ3n) is 3.60. The number of rotatable bonds is 2. The smallest absolute Gasteiger partial charge is 0.0998 e. The summed E-state index contributed by atoms with van der Waals surface area (Å²) in [7, 11) is 2.04. The fraction of sp³-hybridized carbons (Fsp3) is 0.235. The Kier molecular flexibility index (Phi) is 3.57. The van der Waals surface area contributed by atoms with E-state index < -0.39 is 0 Å². The van der Waals surface area contributed by atoms with E-state index in [1.54, 1.807) is 0 Å². The van der Waals surface area contributed by atoms with E-state index in [-0.39, 0.29) is 0 Å². The van der Waals surface area contributed by atoms with Crippen LogP contribution in [0, 0.1) is 32.1 Å². The Balaban J connectivity index is 2.47. The molecule has 0 saturated carbocycles. The SMILES string of the molecule is Cc1ccc(/C(C#N)=C\c2cc(C)n(C)c2C)cc1. The Morgan fingerprint density at radius 3 is 2.26 bits per heavy atom. The average Bonchev–Trinajstić information content (AvgIpc) is 2.65. The van der Waals surface area contributed by atoms with E-state index in [2.05, 4.69) is 30.6 Å². The highest BCUT2D eigenvalue weighted by molar-refractivity contribution is 5.90. The minimum absolute atomic E-state index is 0.703. The molecule has 0 N–H and O–H groups in total. The Morgan fingerprint density at radius 2 is 1.79 bits per heavy atom. The number of nitrogens with zero attached hydrogens (tertiary/aromatic N) is 2. The Labute approximate surface area is 114 Å². The van der Waals surface area contributed by atoms with Crippen molar-refractivity contribution in [2.45, 2.75) is 20.8 Å². The molecule has 0 bridgehead atoms. The van der Waals surface area contributed by atoms with Crippen LogP contribution in [0.1, 0.15) is 28.1 Å². The predicted molar refractivity (Wildman–Crippen MR) is 79.6 cm³/mol. The maximum atomic E-state index is 9.35. The van der Waals surface area contributed by atoms with Gasteiger partial charge in [-0.25, -0.2) is 0 Å². The van der Waals surface area contributed by atoms with Crippen LogP contribution in [-0.2, 0) is 7.05 Å². The van der Waals surface area contributed by atoms with Gasteiger partial charge in [0.2, 0.25) is 0 Å². The van der Waals surface area contributed by atoms with Crippen LogP contribution < -0.4 is 0 Å². The summed E-state index contributed by atoms with van der Waals surface area (Å²) >= 11 is 0. The summed E-state index contributed by atoms with van der Waals surface area (Å²) in [5.41, 5.74) is 6.36. The molecular formula is C17H18N2. The maximum absolute atomic E-state index is 9.35. The van der Waals surface area contributed by atoms with Crippen LogP contribution in [0.25, 0.3) is 11.6 Å². The van der Waals surface area contributed by atoms with Gasteiger partial charge < -0.3 is 4.57 Å². The molecule has 2 nitrogen and oxygen atoms in total. The molecule has 0 amide bonds. The number of benzene rings is 1. The van der Waals surface area contributed by atoms with Crippen molar-refractivity contribution in [2.75, 3.05) is 0 Å². The summed E-state index contributed by atoms with van der Waals surface area (Å²) in [6, 6.07) is 12.5. The van der Waals surface area contributed by atoms with E-state index in [0.717, 1.165) is 11.1 Å². The van der Waals surface area contributed by atoms with Gasteiger partial charge in [0.1, 0.15) is 0 Å². The molecule has 0 saturated heterocycles. The van der Waals surface area contributed by atoms with Crippen LogP contribution in [0.3, 0.4) is 0 Å². The van der Waals surface area contributed by atoms with Crippen LogP contribution in [0.15, 0.2) is 30.3 Å². The highest BCUT2D eigenvalue weighted by atomic mass is 14.9. The van der Waals surface area contributed by atoms with Crippen molar-refractivity contribution >= 4 is 11.6 Å². The lowest BCUT2D eigenvalue weighted by molar-refractivity contribution is 0.843. The number of hydrogen-bond donors (Lipinski definition) is 0. The van der Waals surface area contributed by atoms with E-state index in [1.807, 2.05) is 44.3 Å². The Hall–Kier alpha value is -2.27. The van der Waals surface area contributed by atoms with Gasteiger partial charge in [0.25, 0.3) is 0 Å². The third-order valence-corrected chi connectivity index (χ3v) is 3.60. The monoisotopic (exact) mass is 250 g/mol. The van der Waals surface area contributed by atoms with Crippen molar-refractivity contribution in [3.05, 3.63) is 58.4 Å². The molecule has 0 atom stereocenters. The highest BCUT2D eigenvalue weighted by Crippen LogP contribution is 2.22. The van der Waals surface area contributed by atoms with E-state index in [4.69, 9.17) is 0 Å². The topological polar surface area (TPSA) is 28.7 Å². The fourth-order valence-electron chi connectivity index (χ4n) is 2.10. The normalized spacial score (nSPS) is 11.4. The molecule has 0 aliphatic rings. The standard InChI is InChI=1S/C17H18N2/c1-12-5-7-15(8-6-12)17(11-18)10-16-9-13(2)19(4)14(16)3/h5-10H,1-4H3/b17-10-. The lowest BCUT2D eigenvalue weighted by Gasteiger charge is -2.02. The second-order valence-corrected chi connectivity index (χ2v) is 4.92. The molecule has 2 heteroatoms. The maximum Gasteiger partial charge on any atom is 0.0998 e. The van der Waals surface area contributed by atoms with Crippen LogP contribution in [0.5, 0.6) is 0 Å². The second kappa shape index (κ2) is 5.16. The van der Waals surface area contributed by atoms with Crippen molar-refractivity contribution in [3.8, 4) is 6.07 Å². The van der Waals surface area contributed by atoms with Gasteiger partial charge in [0, 0.05) is 18.4 Å². The molecule has 1 aromatic carbocycles. The zero-order valence-corrected chi connectivity index (χ0v) is 11.9. The minimum Gasteiger partial charge on any atom is -0.352 e. The first kappa shape index (κ1) is 13.2. The second-order valence-electron chi connectivity index (χ2n) is 4.92. The molecule has 19 heavy (non-hydrogen) atoms. The van der Waals surface area contributed by atoms with Crippen molar-refractivity contribution < 1.29 is 0 Å². The number of aromatic nitrogens is 1. The molecule has 0 radical (unpaired) electrons. The summed E-state index contributed by atoms with van der Waals surface area (Å²) in [5, 5.41) is 9.35. The van der Waals surface area contributed by atoms with Gasteiger partial charge in [0.05, 0.1) is 11.6 Å². The molecule has 0 fully saturated rings. The highest BCUT2D eigenvalue weighted by Gasteiger charge is 2.06. The summed E-state index contributed by atoms with van der Waals surface area (Å²) in [5.74, 6) is 0. The van der Waals surface area contributed by atoms with Crippen LogP contribution in [0.2, 0.25) is 0 Å². The minimum atomic E-state index is 0.703. The van der Waals surface area contributed by atoms with Crippen LogP contribution in [-0.4, -0.2) is 4.57 Å². The van der Waals surface area contributed by atoms with E-state index in [0.29, 0.717) is 5.57 Å². The molecule has 96 valence electrons. The molecular weight excluding hydrogens is 232 g/mol. The summed E-state index contributed by atoms with van der Waals surface area (Å²) in [6.45, 7) is 6.19. The quantitative estimate of drug-likeness (QED) is 0.740. The van der Waals surface area contributed by atoms with Gasteiger partial charge >= 0.3 is 0 Å². The Morgan fingerprint density at radius 1 is 1.16 bits per heavy atom. The molecule has 1 aromatic heterocycles. The number of nitriles is 1. The average molecular weight is 250 g/mol.